The Hall–Kier alpha value is -3.34. The van der Waals surface area contributed by atoms with Crippen molar-refractivity contribution in [3.63, 3.8) is 0 Å². The standard InChI is InChI=1S/C56H95O11P/c1-4-7-10-13-16-19-21-23-25-26-28-29-31-34-36-39-42-45-54(58)63-49-53(67-56(60)47-44-41-38-35-32-30-27-24-22-20-17-14-11-8-5-2)51-65-68(61,62)64-50-52(48-57)66-55(59)46-43-40-37-33-18-15-12-9-6-3/h7,10,16-17,19-20,23-25,27-29,34,36,52-53,57H,4-6,8-9,11-15,18,21-22,26,30-33,35,37-51H2,1-3H3,(H,61,62)/b10-7-,19-16-,20-17-,25-23-,27-24-,29-28-,36-34-. The number of carbonyl (C=O) groups is 3. The minimum Gasteiger partial charge on any atom is -0.462 e. The Morgan fingerprint density at radius 3 is 1.25 bits per heavy atom. The third kappa shape index (κ3) is 47.7. The molecule has 2 N–H and O–H groups in total. The Labute approximate surface area is 413 Å². The molecule has 0 heterocycles. The van der Waals surface area contributed by atoms with Crippen LogP contribution >= 0.6 is 7.82 Å². The Morgan fingerprint density at radius 1 is 0.426 bits per heavy atom. The van der Waals surface area contributed by atoms with E-state index in [0.717, 1.165) is 96.3 Å². The van der Waals surface area contributed by atoms with Gasteiger partial charge in [-0.3, -0.25) is 23.4 Å². The number of carbonyl (C=O) groups excluding carboxylic acids is 3. The highest BCUT2D eigenvalue weighted by Gasteiger charge is 2.28. The molecule has 0 aliphatic heterocycles. The average Bonchev–Trinajstić information content (AvgIpc) is 3.32. The third-order valence-electron chi connectivity index (χ3n) is 10.8. The van der Waals surface area contributed by atoms with Gasteiger partial charge in [0.25, 0.3) is 0 Å². The molecule has 3 unspecified atom stereocenters. The van der Waals surface area contributed by atoms with Gasteiger partial charge in [0.1, 0.15) is 12.7 Å². The minimum atomic E-state index is -4.76. The van der Waals surface area contributed by atoms with E-state index in [-0.39, 0.29) is 25.9 Å². The minimum absolute atomic E-state index is 0.137. The second-order valence-corrected chi connectivity index (χ2v) is 18.8. The Morgan fingerprint density at radius 2 is 0.779 bits per heavy atom. The number of hydrogen-bond acceptors (Lipinski definition) is 10. The van der Waals surface area contributed by atoms with E-state index in [2.05, 4.69) is 99.8 Å². The molecular weight excluding hydrogens is 880 g/mol. The molecule has 3 atom stereocenters. The van der Waals surface area contributed by atoms with E-state index in [9.17, 15) is 28.9 Å². The summed E-state index contributed by atoms with van der Waals surface area (Å²) < 4.78 is 39.3. The molecule has 0 aromatic heterocycles. The number of phosphoric acid groups is 1. The SMILES string of the molecule is CC/C=C\C/C=C\C/C=C\C/C=C\C/C=C\CCCC(=O)OCC(COP(=O)(O)OCC(CO)OC(=O)CCCCCCCCCCC)OC(=O)CCCCCCC/C=C\C/C=C\CCCCC. The number of ether oxygens (including phenoxy) is 3. The molecule has 0 rings (SSSR count). The lowest BCUT2D eigenvalue weighted by atomic mass is 10.1. The second kappa shape index (κ2) is 50.1. The number of aliphatic hydroxyl groups excluding tert-OH is 1. The number of allylic oxidation sites excluding steroid dienone is 14. The highest BCUT2D eigenvalue weighted by atomic mass is 31.2. The first-order chi connectivity index (χ1) is 33.2. The van der Waals surface area contributed by atoms with Crippen molar-refractivity contribution < 1.29 is 52.2 Å². The summed E-state index contributed by atoms with van der Waals surface area (Å²) in [6.45, 7) is 4.38. The van der Waals surface area contributed by atoms with Gasteiger partial charge in [0.2, 0.25) is 0 Å². The van der Waals surface area contributed by atoms with Crippen molar-refractivity contribution >= 4 is 25.7 Å². The number of phosphoric ester groups is 1. The second-order valence-electron chi connectivity index (χ2n) is 17.3. The van der Waals surface area contributed by atoms with Crippen LogP contribution in [0.3, 0.4) is 0 Å². The maximum Gasteiger partial charge on any atom is 0.472 e. The van der Waals surface area contributed by atoms with E-state index >= 15 is 0 Å². The molecule has 0 bridgehead atoms. The number of aliphatic hydroxyl groups is 1. The monoisotopic (exact) mass is 975 g/mol. The normalized spacial score (nSPS) is 14.1. The largest absolute Gasteiger partial charge is 0.472 e. The van der Waals surface area contributed by atoms with E-state index in [0.29, 0.717) is 25.7 Å². The average molecular weight is 975 g/mol. The summed E-state index contributed by atoms with van der Waals surface area (Å²) >= 11 is 0. The van der Waals surface area contributed by atoms with Crippen molar-refractivity contribution in [1.82, 2.24) is 0 Å². The Bertz CT molecular complexity index is 1460. The first-order valence-electron chi connectivity index (χ1n) is 26.5. The number of unbranched alkanes of at least 4 members (excludes halogenated alkanes) is 17. The molecule has 0 aliphatic rings. The van der Waals surface area contributed by atoms with Crippen molar-refractivity contribution in [2.24, 2.45) is 0 Å². The summed E-state index contributed by atoms with van der Waals surface area (Å²) in [6, 6.07) is 0. The van der Waals surface area contributed by atoms with Crippen LogP contribution in [0.25, 0.3) is 0 Å². The fourth-order valence-electron chi connectivity index (χ4n) is 6.77. The predicted octanol–water partition coefficient (Wildman–Crippen LogP) is 15.1. The molecule has 0 aromatic rings. The fourth-order valence-corrected chi connectivity index (χ4v) is 7.56. The topological polar surface area (TPSA) is 155 Å². The summed E-state index contributed by atoms with van der Waals surface area (Å²) in [4.78, 5) is 48.3. The molecule has 0 spiro atoms. The summed E-state index contributed by atoms with van der Waals surface area (Å²) in [5, 5.41) is 9.75. The van der Waals surface area contributed by atoms with Gasteiger partial charge in [-0.2, -0.15) is 0 Å². The van der Waals surface area contributed by atoms with E-state index in [4.69, 9.17) is 23.3 Å². The lowest BCUT2D eigenvalue weighted by Crippen LogP contribution is -2.30. The van der Waals surface area contributed by atoms with E-state index in [1.807, 2.05) is 6.08 Å². The predicted molar refractivity (Wildman–Crippen MR) is 279 cm³/mol. The van der Waals surface area contributed by atoms with Crippen molar-refractivity contribution in [3.05, 3.63) is 85.1 Å². The molecule has 0 aromatic carbocycles. The first-order valence-corrected chi connectivity index (χ1v) is 28.0. The van der Waals surface area contributed by atoms with E-state index < -0.39 is 57.8 Å². The van der Waals surface area contributed by atoms with Crippen LogP contribution in [0.4, 0.5) is 0 Å². The van der Waals surface area contributed by atoms with E-state index in [1.165, 1.54) is 51.4 Å². The summed E-state index contributed by atoms with van der Waals surface area (Å²) in [7, 11) is -4.76. The molecule has 0 radical (unpaired) electrons. The van der Waals surface area contributed by atoms with E-state index in [1.54, 1.807) is 0 Å². The zero-order valence-electron chi connectivity index (χ0n) is 42.8. The van der Waals surface area contributed by atoms with Crippen molar-refractivity contribution in [1.29, 1.82) is 0 Å². The molecule has 0 saturated heterocycles. The molecule has 11 nitrogen and oxygen atoms in total. The van der Waals surface area contributed by atoms with Gasteiger partial charge in [-0.25, -0.2) is 4.57 Å². The fraction of sp³-hybridized carbons (Fsp3) is 0.696. The molecule has 390 valence electrons. The van der Waals surface area contributed by atoms with Gasteiger partial charge < -0.3 is 24.2 Å². The molecular formula is C56H95O11P. The molecule has 0 aliphatic carbocycles. The smallest absolute Gasteiger partial charge is 0.462 e. The van der Waals surface area contributed by atoms with Gasteiger partial charge in [0.15, 0.2) is 6.10 Å². The van der Waals surface area contributed by atoms with Crippen LogP contribution in [0.15, 0.2) is 85.1 Å². The lowest BCUT2D eigenvalue weighted by molar-refractivity contribution is -0.161. The van der Waals surface area contributed by atoms with Gasteiger partial charge in [0, 0.05) is 19.3 Å². The van der Waals surface area contributed by atoms with Gasteiger partial charge >= 0.3 is 25.7 Å². The lowest BCUT2D eigenvalue weighted by Gasteiger charge is -2.21. The van der Waals surface area contributed by atoms with Crippen molar-refractivity contribution in [2.45, 2.75) is 226 Å². The quantitative estimate of drug-likeness (QED) is 0.0197. The van der Waals surface area contributed by atoms with Crippen LogP contribution in [0.1, 0.15) is 213 Å². The highest BCUT2D eigenvalue weighted by Crippen LogP contribution is 2.43. The summed E-state index contributed by atoms with van der Waals surface area (Å²) in [5.74, 6) is -1.56. The Kier molecular flexibility index (Phi) is 47.6. The maximum atomic E-state index is 12.8. The van der Waals surface area contributed by atoms with Crippen LogP contribution in [-0.2, 0) is 42.2 Å². The van der Waals surface area contributed by atoms with Crippen molar-refractivity contribution in [3.8, 4) is 0 Å². The highest BCUT2D eigenvalue weighted by molar-refractivity contribution is 7.47. The zero-order chi connectivity index (χ0) is 49.9. The maximum absolute atomic E-state index is 12.8. The van der Waals surface area contributed by atoms with Crippen LogP contribution in [-0.4, -0.2) is 66.5 Å². The zero-order valence-corrected chi connectivity index (χ0v) is 43.7. The molecule has 68 heavy (non-hydrogen) atoms. The number of esters is 3. The van der Waals surface area contributed by atoms with Gasteiger partial charge in [-0.1, -0.05) is 189 Å². The third-order valence-corrected chi connectivity index (χ3v) is 11.8. The summed E-state index contributed by atoms with van der Waals surface area (Å²) in [6.07, 6.45) is 55.6. The number of rotatable bonds is 48. The molecule has 0 fully saturated rings. The van der Waals surface area contributed by atoms with Gasteiger partial charge in [-0.05, 0) is 89.9 Å². The van der Waals surface area contributed by atoms with Crippen LogP contribution in [0.5, 0.6) is 0 Å². The van der Waals surface area contributed by atoms with Crippen LogP contribution < -0.4 is 0 Å². The van der Waals surface area contributed by atoms with Gasteiger partial charge in [-0.15, -0.1) is 0 Å². The Balaban J connectivity index is 4.86. The summed E-state index contributed by atoms with van der Waals surface area (Å²) in [5.41, 5.74) is 0. The molecule has 0 amide bonds. The van der Waals surface area contributed by atoms with Crippen LogP contribution in [0, 0.1) is 0 Å². The van der Waals surface area contributed by atoms with Crippen LogP contribution in [0.2, 0.25) is 0 Å². The number of hydrogen-bond donors (Lipinski definition) is 2. The van der Waals surface area contributed by atoms with Crippen molar-refractivity contribution in [2.75, 3.05) is 26.4 Å². The molecule has 12 heteroatoms. The first kappa shape index (κ1) is 64.7. The van der Waals surface area contributed by atoms with Gasteiger partial charge in [0.05, 0.1) is 19.8 Å². The molecule has 0 saturated carbocycles.